The summed E-state index contributed by atoms with van der Waals surface area (Å²) < 4.78 is 0. The molecule has 0 unspecified atom stereocenters. The van der Waals surface area contributed by atoms with Gasteiger partial charge in [-0.05, 0) is 6.42 Å². The van der Waals surface area contributed by atoms with Gasteiger partial charge < -0.3 is 22.7 Å². The third-order valence-corrected chi connectivity index (χ3v) is 0.770. The van der Waals surface area contributed by atoms with Crippen LogP contribution in [0.4, 0.5) is 0 Å². The SMILES string of the molecule is C=CCO.C=CCO.CCCCO.[CH3-].[Ti]. The van der Waals surface area contributed by atoms with E-state index in [1.807, 2.05) is 0 Å². The first-order valence-electron chi connectivity index (χ1n) is 4.29. The minimum absolute atomic E-state index is 0. The average Bonchev–Trinajstić information content (AvgIpc) is 2.20. The Morgan fingerprint density at radius 1 is 1.00 bits per heavy atom. The normalized spacial score (nSPS) is 6.13. The topological polar surface area (TPSA) is 60.7 Å². The van der Waals surface area contributed by atoms with Crippen LogP contribution in [0.1, 0.15) is 19.8 Å². The van der Waals surface area contributed by atoms with Crippen LogP contribution in [-0.4, -0.2) is 35.1 Å². The van der Waals surface area contributed by atoms with Crippen molar-refractivity contribution < 1.29 is 37.0 Å². The fourth-order valence-corrected chi connectivity index (χ4v) is 0.158. The molecule has 0 aliphatic rings. The summed E-state index contributed by atoms with van der Waals surface area (Å²) >= 11 is 0. The van der Waals surface area contributed by atoms with E-state index in [-0.39, 0.29) is 42.4 Å². The molecule has 0 aliphatic heterocycles. The largest absolute Gasteiger partial charge is 0.396 e. The summed E-state index contributed by atoms with van der Waals surface area (Å²) in [5.41, 5.74) is 0. The predicted octanol–water partition coefficient (Wildman–Crippen LogP) is 1.56. The second kappa shape index (κ2) is 48.1. The number of unbranched alkanes of at least 4 members (excludes halogenated alkanes) is 1. The molecule has 0 atom stereocenters. The maximum Gasteiger partial charge on any atom is 0.0609 e. The Labute approximate surface area is 109 Å². The van der Waals surface area contributed by atoms with Crippen molar-refractivity contribution >= 4 is 0 Å². The van der Waals surface area contributed by atoms with Crippen molar-refractivity contribution in [2.45, 2.75) is 19.8 Å². The minimum Gasteiger partial charge on any atom is -0.396 e. The van der Waals surface area contributed by atoms with E-state index < -0.39 is 0 Å². The van der Waals surface area contributed by atoms with Gasteiger partial charge in [0.2, 0.25) is 0 Å². The molecule has 15 heavy (non-hydrogen) atoms. The third kappa shape index (κ3) is 124. The molecule has 0 bridgehead atoms. The van der Waals surface area contributed by atoms with Gasteiger partial charge in [-0.25, -0.2) is 0 Å². The number of aliphatic hydroxyl groups is 3. The van der Waals surface area contributed by atoms with E-state index in [1.165, 1.54) is 12.2 Å². The van der Waals surface area contributed by atoms with Crippen LogP contribution in [0.25, 0.3) is 0 Å². The molecule has 0 aromatic heterocycles. The van der Waals surface area contributed by atoms with Crippen molar-refractivity contribution in [2.75, 3.05) is 19.8 Å². The molecule has 4 heteroatoms. The molecule has 0 fully saturated rings. The zero-order valence-corrected chi connectivity index (χ0v) is 11.5. The van der Waals surface area contributed by atoms with E-state index in [0.717, 1.165) is 12.8 Å². The van der Waals surface area contributed by atoms with Gasteiger partial charge in [0.05, 0.1) is 13.2 Å². The summed E-state index contributed by atoms with van der Waals surface area (Å²) in [6, 6.07) is 0. The molecular formula is C11H25O3Ti-. The molecule has 0 aromatic rings. The molecular weight excluding hydrogens is 228 g/mol. The zero-order valence-electron chi connectivity index (χ0n) is 9.95. The van der Waals surface area contributed by atoms with Crippen molar-refractivity contribution in [3.05, 3.63) is 32.7 Å². The van der Waals surface area contributed by atoms with E-state index in [4.69, 9.17) is 15.3 Å². The maximum atomic E-state index is 8.07. The van der Waals surface area contributed by atoms with E-state index in [9.17, 15) is 0 Å². The van der Waals surface area contributed by atoms with Gasteiger partial charge in [0.25, 0.3) is 0 Å². The molecule has 0 aromatic carbocycles. The summed E-state index contributed by atoms with van der Waals surface area (Å²) in [4.78, 5) is 0. The Bertz CT molecular complexity index is 77.9. The molecule has 0 spiro atoms. The van der Waals surface area contributed by atoms with Gasteiger partial charge in [-0.2, -0.15) is 0 Å². The summed E-state index contributed by atoms with van der Waals surface area (Å²) in [6.07, 6.45) is 4.90. The first kappa shape index (κ1) is 29.4. The Hall–Kier alpha value is 0.0743. The molecule has 0 aliphatic carbocycles. The summed E-state index contributed by atoms with van der Waals surface area (Å²) in [7, 11) is 0. The minimum atomic E-state index is 0. The summed E-state index contributed by atoms with van der Waals surface area (Å²) in [6.45, 7) is 9.02. The number of hydrogen-bond donors (Lipinski definition) is 3. The Morgan fingerprint density at radius 2 is 1.27 bits per heavy atom. The van der Waals surface area contributed by atoms with Crippen LogP contribution in [0.2, 0.25) is 0 Å². The van der Waals surface area contributed by atoms with Crippen molar-refractivity contribution in [1.29, 1.82) is 0 Å². The Balaban J connectivity index is -0.0000000315. The molecule has 3 nitrogen and oxygen atoms in total. The summed E-state index contributed by atoms with van der Waals surface area (Å²) in [5.74, 6) is 0. The van der Waals surface area contributed by atoms with Crippen molar-refractivity contribution in [3.63, 3.8) is 0 Å². The van der Waals surface area contributed by atoms with Crippen LogP contribution >= 0.6 is 0 Å². The van der Waals surface area contributed by atoms with Gasteiger partial charge in [0.1, 0.15) is 0 Å². The fourth-order valence-electron chi connectivity index (χ4n) is 0.158. The standard InChI is InChI=1S/C4H10O.2C3H6O.CH3.Ti/c1-2-3-4-5;2*1-2-3-4;;/h5H,2-4H2,1H3;2*2,4H,1,3H2;1H3;/q;;;-1;. The van der Waals surface area contributed by atoms with Gasteiger partial charge >= 0.3 is 0 Å². The first-order valence-corrected chi connectivity index (χ1v) is 4.29. The Kier molecular flexibility index (Phi) is 94.3. The van der Waals surface area contributed by atoms with E-state index in [0.29, 0.717) is 6.61 Å². The molecule has 0 saturated heterocycles. The van der Waals surface area contributed by atoms with Crippen LogP contribution in [0.15, 0.2) is 25.3 Å². The van der Waals surface area contributed by atoms with Crippen LogP contribution in [0.3, 0.4) is 0 Å². The van der Waals surface area contributed by atoms with Crippen LogP contribution in [0.5, 0.6) is 0 Å². The first-order chi connectivity index (χ1) is 6.24. The van der Waals surface area contributed by atoms with Gasteiger partial charge in [0, 0.05) is 28.3 Å². The average molecular weight is 253 g/mol. The Morgan fingerprint density at radius 3 is 1.27 bits per heavy atom. The monoisotopic (exact) mass is 253 g/mol. The molecule has 0 rings (SSSR count). The molecule has 0 amide bonds. The second-order valence-corrected chi connectivity index (χ2v) is 2.02. The van der Waals surface area contributed by atoms with Crippen molar-refractivity contribution in [3.8, 4) is 0 Å². The van der Waals surface area contributed by atoms with E-state index in [1.54, 1.807) is 0 Å². The van der Waals surface area contributed by atoms with Gasteiger partial charge in [-0.3, -0.25) is 0 Å². The second-order valence-electron chi connectivity index (χ2n) is 2.02. The molecule has 0 saturated carbocycles. The van der Waals surface area contributed by atoms with Gasteiger partial charge in [0.15, 0.2) is 0 Å². The molecule has 0 radical (unpaired) electrons. The predicted molar refractivity (Wildman–Crippen MR) is 63.0 cm³/mol. The third-order valence-electron chi connectivity index (χ3n) is 0.770. The van der Waals surface area contributed by atoms with Gasteiger partial charge in [-0.1, -0.05) is 25.5 Å². The van der Waals surface area contributed by atoms with Gasteiger partial charge in [-0.15, -0.1) is 13.2 Å². The van der Waals surface area contributed by atoms with E-state index in [2.05, 4.69) is 20.1 Å². The van der Waals surface area contributed by atoms with Crippen LogP contribution in [-0.2, 0) is 21.7 Å². The number of aliphatic hydroxyl groups excluding tert-OH is 3. The fraction of sp³-hybridized carbons (Fsp3) is 0.545. The molecule has 0 heterocycles. The zero-order chi connectivity index (χ0) is 10.9. The van der Waals surface area contributed by atoms with Crippen LogP contribution in [0, 0.1) is 7.43 Å². The smallest absolute Gasteiger partial charge is 0.0609 e. The van der Waals surface area contributed by atoms with Crippen molar-refractivity contribution in [2.24, 2.45) is 0 Å². The number of hydrogen-bond acceptors (Lipinski definition) is 3. The van der Waals surface area contributed by atoms with Crippen molar-refractivity contribution in [1.82, 2.24) is 0 Å². The summed E-state index contributed by atoms with van der Waals surface area (Å²) in [5, 5.41) is 23.6. The quantitative estimate of drug-likeness (QED) is 0.405. The molecule has 92 valence electrons. The van der Waals surface area contributed by atoms with Crippen LogP contribution < -0.4 is 0 Å². The number of rotatable bonds is 4. The molecule has 3 N–H and O–H groups in total. The van der Waals surface area contributed by atoms with E-state index >= 15 is 0 Å². The maximum absolute atomic E-state index is 8.07.